The number of nitrogens with zero attached hydrogens (tertiary/aromatic N) is 1. The van der Waals surface area contributed by atoms with Gasteiger partial charge in [0.05, 0.1) is 11.1 Å². The molecule has 116 valence electrons. The second-order valence-corrected chi connectivity index (χ2v) is 6.93. The molecule has 0 aliphatic carbocycles. The first kappa shape index (κ1) is 14.0. The number of rotatable bonds is 4. The summed E-state index contributed by atoms with van der Waals surface area (Å²) in [7, 11) is 0. The lowest BCUT2D eigenvalue weighted by Crippen LogP contribution is -2.42. The smallest absolute Gasteiger partial charge is 0.400 e. The van der Waals surface area contributed by atoms with Gasteiger partial charge in [0, 0.05) is 18.1 Å². The fourth-order valence-corrected chi connectivity index (χ4v) is 3.96. The van der Waals surface area contributed by atoms with Crippen LogP contribution in [0.15, 0.2) is 22.7 Å². The second kappa shape index (κ2) is 5.57. The summed E-state index contributed by atoms with van der Waals surface area (Å²) in [6.45, 7) is 0. The van der Waals surface area contributed by atoms with Crippen molar-refractivity contribution >= 4 is 28.8 Å². The van der Waals surface area contributed by atoms with E-state index in [4.69, 9.17) is 20.8 Å². The molecule has 2 fully saturated rings. The summed E-state index contributed by atoms with van der Waals surface area (Å²) in [5.41, 5.74) is 0. The largest absolute Gasteiger partial charge is 0.401 e. The molecule has 1 amide bonds. The lowest BCUT2D eigenvalue weighted by atomic mass is 9.95. The van der Waals surface area contributed by atoms with Gasteiger partial charge in [-0.25, -0.2) is 0 Å². The van der Waals surface area contributed by atoms with E-state index in [9.17, 15) is 4.79 Å². The molecule has 4 heterocycles. The molecule has 2 aromatic rings. The average molecular weight is 340 g/mol. The van der Waals surface area contributed by atoms with Gasteiger partial charge in [0.1, 0.15) is 0 Å². The van der Waals surface area contributed by atoms with Gasteiger partial charge < -0.3 is 19.8 Å². The van der Waals surface area contributed by atoms with Crippen molar-refractivity contribution in [1.82, 2.24) is 15.6 Å². The molecule has 3 atom stereocenters. The van der Waals surface area contributed by atoms with E-state index in [0.29, 0.717) is 22.0 Å². The Balaban J connectivity index is 1.39. The Kier molecular flexibility index (Phi) is 3.56. The first-order valence-corrected chi connectivity index (χ1v) is 8.33. The minimum absolute atomic E-state index is 0.0652. The van der Waals surface area contributed by atoms with Crippen LogP contribution in [0.3, 0.4) is 0 Å². The Labute approximate surface area is 135 Å². The van der Waals surface area contributed by atoms with E-state index < -0.39 is 0 Å². The number of amides is 1. The number of halogens is 1. The number of carbonyl (C=O) groups is 1. The van der Waals surface area contributed by atoms with Crippen LogP contribution in [0.25, 0.3) is 0 Å². The zero-order valence-corrected chi connectivity index (χ0v) is 13.1. The van der Waals surface area contributed by atoms with Crippen molar-refractivity contribution in [3.8, 4) is 11.1 Å². The summed E-state index contributed by atoms with van der Waals surface area (Å²) >= 11 is 6.88. The van der Waals surface area contributed by atoms with Crippen LogP contribution >= 0.6 is 22.9 Å². The number of oxazole rings is 1. The maximum absolute atomic E-state index is 12.3. The molecular weight excluding hydrogens is 326 g/mol. The van der Waals surface area contributed by atoms with Gasteiger partial charge in [-0.15, -0.1) is 0 Å². The molecule has 8 heteroatoms. The summed E-state index contributed by atoms with van der Waals surface area (Å²) in [6.07, 6.45) is 4.79. The van der Waals surface area contributed by atoms with Crippen molar-refractivity contribution < 1.29 is 13.9 Å². The lowest BCUT2D eigenvalue weighted by molar-refractivity contribution is 0.0935. The molecule has 0 saturated carbocycles. The molecule has 2 N–H and O–H groups in total. The number of carbonyl (C=O) groups excluding carboxylic acids is 1. The Morgan fingerprint density at radius 3 is 3.09 bits per heavy atom. The highest BCUT2D eigenvalue weighted by atomic mass is 35.5. The molecule has 0 radical (unpaired) electrons. The molecule has 6 nitrogen and oxygen atoms in total. The van der Waals surface area contributed by atoms with Crippen molar-refractivity contribution in [2.45, 2.75) is 37.4 Å². The second-order valence-electron chi connectivity index (χ2n) is 5.51. The maximum atomic E-state index is 12.3. The molecular formula is C14H14ClN3O3S. The minimum Gasteiger partial charge on any atom is -0.400 e. The van der Waals surface area contributed by atoms with Gasteiger partial charge in [-0.1, -0.05) is 11.3 Å². The first-order chi connectivity index (χ1) is 10.7. The van der Waals surface area contributed by atoms with Gasteiger partial charge in [-0.2, -0.15) is 4.98 Å². The van der Waals surface area contributed by atoms with Gasteiger partial charge in [0.25, 0.3) is 5.91 Å². The standard InChI is InChI=1S/C14H14ClN3O3S/c15-11-6-16-14(20-11)21-12-4-3-10(22-12)13(19)18-9-5-7-1-2-8(9)17-7/h3-4,6-9,17H,1-2,5H2,(H,18,19)/t7-,8+,9-/m1/s1. The van der Waals surface area contributed by atoms with Crippen LogP contribution in [-0.4, -0.2) is 29.0 Å². The number of hydrogen-bond donors (Lipinski definition) is 2. The maximum Gasteiger partial charge on any atom is 0.401 e. The van der Waals surface area contributed by atoms with E-state index in [0.717, 1.165) is 12.8 Å². The van der Waals surface area contributed by atoms with Gasteiger partial charge in [0.2, 0.25) is 5.22 Å². The fraction of sp³-hybridized carbons (Fsp3) is 0.429. The summed E-state index contributed by atoms with van der Waals surface area (Å²) in [5.74, 6) is -0.0652. The van der Waals surface area contributed by atoms with Crippen LogP contribution in [0.5, 0.6) is 11.1 Å². The summed E-state index contributed by atoms with van der Waals surface area (Å²) < 4.78 is 10.4. The third kappa shape index (κ3) is 2.71. The predicted octanol–water partition coefficient (Wildman–Crippen LogP) is 2.80. The number of thiophene rings is 1. The number of fused-ring (bicyclic) bond motifs is 2. The summed E-state index contributed by atoms with van der Waals surface area (Å²) in [4.78, 5) is 16.8. The Morgan fingerprint density at radius 1 is 1.50 bits per heavy atom. The van der Waals surface area contributed by atoms with Crippen molar-refractivity contribution in [3.05, 3.63) is 28.4 Å². The molecule has 0 spiro atoms. The van der Waals surface area contributed by atoms with Crippen LogP contribution in [0.2, 0.25) is 5.22 Å². The highest BCUT2D eigenvalue weighted by Crippen LogP contribution is 2.31. The van der Waals surface area contributed by atoms with Crippen molar-refractivity contribution in [1.29, 1.82) is 0 Å². The van der Waals surface area contributed by atoms with Crippen LogP contribution in [0, 0.1) is 0 Å². The van der Waals surface area contributed by atoms with E-state index >= 15 is 0 Å². The van der Waals surface area contributed by atoms with Crippen LogP contribution in [-0.2, 0) is 0 Å². The van der Waals surface area contributed by atoms with Gasteiger partial charge in [-0.3, -0.25) is 4.79 Å². The van der Waals surface area contributed by atoms with Crippen LogP contribution in [0.1, 0.15) is 28.9 Å². The molecule has 2 bridgehead atoms. The van der Waals surface area contributed by atoms with E-state index in [2.05, 4.69) is 15.6 Å². The summed E-state index contributed by atoms with van der Waals surface area (Å²) in [6, 6.07) is 4.66. The molecule has 2 aliphatic heterocycles. The van der Waals surface area contributed by atoms with E-state index in [1.54, 1.807) is 12.1 Å². The summed E-state index contributed by atoms with van der Waals surface area (Å²) in [5, 5.41) is 7.30. The number of ether oxygens (including phenoxy) is 1. The van der Waals surface area contributed by atoms with Crippen molar-refractivity contribution in [2.75, 3.05) is 0 Å². The van der Waals surface area contributed by atoms with E-state index in [1.807, 2.05) is 0 Å². The van der Waals surface area contributed by atoms with Gasteiger partial charge in [-0.05, 0) is 43.0 Å². The highest BCUT2D eigenvalue weighted by Gasteiger charge is 2.39. The molecule has 22 heavy (non-hydrogen) atoms. The van der Waals surface area contributed by atoms with E-state index in [1.165, 1.54) is 24.0 Å². The fourth-order valence-electron chi connectivity index (χ4n) is 3.09. The first-order valence-electron chi connectivity index (χ1n) is 7.13. The Hall–Kier alpha value is -1.57. The quantitative estimate of drug-likeness (QED) is 0.895. The third-order valence-corrected chi connectivity index (χ3v) is 5.20. The zero-order valence-electron chi connectivity index (χ0n) is 11.5. The molecule has 2 aromatic heterocycles. The van der Waals surface area contributed by atoms with Crippen LogP contribution < -0.4 is 15.4 Å². The lowest BCUT2D eigenvalue weighted by Gasteiger charge is -2.20. The van der Waals surface area contributed by atoms with Crippen LogP contribution in [0.4, 0.5) is 0 Å². The number of hydrogen-bond acceptors (Lipinski definition) is 6. The van der Waals surface area contributed by atoms with Crippen molar-refractivity contribution in [2.24, 2.45) is 0 Å². The highest BCUT2D eigenvalue weighted by molar-refractivity contribution is 7.15. The zero-order chi connectivity index (χ0) is 15.1. The van der Waals surface area contributed by atoms with Crippen molar-refractivity contribution in [3.63, 3.8) is 0 Å². The third-order valence-electron chi connectivity index (χ3n) is 4.07. The number of aromatic nitrogens is 1. The van der Waals surface area contributed by atoms with E-state index in [-0.39, 0.29) is 23.2 Å². The monoisotopic (exact) mass is 339 g/mol. The average Bonchev–Trinajstić information content (AvgIpc) is 3.24. The van der Waals surface area contributed by atoms with Gasteiger partial charge >= 0.3 is 6.08 Å². The Morgan fingerprint density at radius 2 is 2.41 bits per heavy atom. The van der Waals surface area contributed by atoms with Gasteiger partial charge in [0.15, 0.2) is 5.06 Å². The normalized spacial score (nSPS) is 26.3. The SMILES string of the molecule is O=C(N[C@@H]1C[C@H]2CC[C@@H]1N2)c1ccc(Oc2ncc(Cl)o2)s1. The number of nitrogens with one attached hydrogen (secondary N) is 2. The molecule has 4 rings (SSSR count). The minimum atomic E-state index is -0.0652. The molecule has 0 unspecified atom stereocenters. The molecule has 0 aromatic carbocycles. The molecule has 2 aliphatic rings. The predicted molar refractivity (Wildman–Crippen MR) is 81.7 cm³/mol. The topological polar surface area (TPSA) is 76.4 Å². The molecule has 2 saturated heterocycles. The Bertz CT molecular complexity index is 701.